The van der Waals surface area contributed by atoms with Crippen LogP contribution in [0.5, 0.6) is 0 Å². The van der Waals surface area contributed by atoms with E-state index in [4.69, 9.17) is 5.26 Å². The highest BCUT2D eigenvalue weighted by Crippen LogP contribution is 2.45. The summed E-state index contributed by atoms with van der Waals surface area (Å²) in [7, 11) is 0. The van der Waals surface area contributed by atoms with E-state index in [0.29, 0.717) is 11.8 Å². The molecule has 0 amide bonds. The minimum absolute atomic E-state index is 0.158. The van der Waals surface area contributed by atoms with Gasteiger partial charge in [0.2, 0.25) is 0 Å². The van der Waals surface area contributed by atoms with E-state index in [2.05, 4.69) is 37.3 Å². The van der Waals surface area contributed by atoms with Crippen molar-refractivity contribution in [3.63, 3.8) is 0 Å². The summed E-state index contributed by atoms with van der Waals surface area (Å²) >= 11 is 0. The first-order valence-corrected chi connectivity index (χ1v) is 11.9. The molecule has 2 aromatic carbocycles. The summed E-state index contributed by atoms with van der Waals surface area (Å²) in [6.45, 7) is 2.38. The van der Waals surface area contributed by atoms with Crippen LogP contribution in [0.1, 0.15) is 93.2 Å². The fourth-order valence-electron chi connectivity index (χ4n) is 6.11. The summed E-state index contributed by atoms with van der Waals surface area (Å²) in [6.07, 6.45) is 11.8. The van der Waals surface area contributed by atoms with Gasteiger partial charge in [-0.3, -0.25) is 0 Å². The number of hydrogen-bond acceptors (Lipinski definition) is 1. The molecule has 0 aliphatic heterocycles. The molecule has 2 fully saturated rings. The second-order valence-corrected chi connectivity index (χ2v) is 9.79. The molecule has 4 rings (SSSR count). The van der Waals surface area contributed by atoms with Gasteiger partial charge >= 0.3 is 0 Å². The van der Waals surface area contributed by atoms with Gasteiger partial charge in [-0.15, -0.1) is 0 Å². The Bertz CT molecular complexity index is 852. The monoisotopic (exact) mass is 403 g/mol. The van der Waals surface area contributed by atoms with Gasteiger partial charge in [0.1, 0.15) is 11.9 Å². The predicted octanol–water partition coefficient (Wildman–Crippen LogP) is 7.97. The highest BCUT2D eigenvalue weighted by molar-refractivity contribution is 5.35. The second kappa shape index (κ2) is 9.78. The van der Waals surface area contributed by atoms with E-state index in [1.54, 1.807) is 12.1 Å². The molecule has 0 N–H and O–H groups in total. The van der Waals surface area contributed by atoms with Gasteiger partial charge in [0.15, 0.2) is 0 Å². The summed E-state index contributed by atoms with van der Waals surface area (Å²) in [6, 6.07) is 18.1. The summed E-state index contributed by atoms with van der Waals surface area (Å²) in [5.74, 6) is 3.40. The van der Waals surface area contributed by atoms with Gasteiger partial charge in [-0.05, 0) is 97.8 Å². The van der Waals surface area contributed by atoms with Crippen LogP contribution in [0.25, 0.3) is 0 Å². The fraction of sp³-hybridized carbons (Fsp3) is 0.536. The molecule has 0 saturated heterocycles. The van der Waals surface area contributed by atoms with Crippen LogP contribution in [0.4, 0.5) is 4.39 Å². The number of benzene rings is 2. The number of hydrogen-bond donors (Lipinski definition) is 0. The smallest absolute Gasteiger partial charge is 0.141 e. The van der Waals surface area contributed by atoms with Crippen molar-refractivity contribution in [2.75, 3.05) is 0 Å². The standard InChI is InChI=1S/C28H34FN/c1-20(22-5-3-2-4-6-22)17-21-7-9-23(10-8-21)24-11-13-25(14-12-24)26-15-16-27(19-30)28(29)18-26/h2-6,15-16,18,20-21,23-25H,7-14,17H2,1H3/t20-,21?,23?,24?,25?/m0/s1. The van der Waals surface area contributed by atoms with Crippen molar-refractivity contribution >= 4 is 0 Å². The molecule has 2 saturated carbocycles. The summed E-state index contributed by atoms with van der Waals surface area (Å²) < 4.78 is 14.0. The van der Waals surface area contributed by atoms with Crippen LogP contribution in [0.2, 0.25) is 0 Å². The molecule has 2 aliphatic rings. The number of halogens is 1. The molecule has 0 heterocycles. The van der Waals surface area contributed by atoms with Gasteiger partial charge in [0, 0.05) is 0 Å². The average molecular weight is 404 g/mol. The molecule has 0 bridgehead atoms. The molecule has 1 atom stereocenters. The van der Waals surface area contributed by atoms with Crippen molar-refractivity contribution in [2.24, 2.45) is 17.8 Å². The van der Waals surface area contributed by atoms with Crippen LogP contribution >= 0.6 is 0 Å². The predicted molar refractivity (Wildman–Crippen MR) is 121 cm³/mol. The first kappa shape index (κ1) is 21.1. The maximum Gasteiger partial charge on any atom is 0.141 e. The Morgan fingerprint density at radius 3 is 2.13 bits per heavy atom. The van der Waals surface area contributed by atoms with Crippen molar-refractivity contribution in [3.8, 4) is 6.07 Å². The number of nitrogens with zero attached hydrogens (tertiary/aromatic N) is 1. The average Bonchev–Trinajstić information content (AvgIpc) is 2.80. The Labute approximate surface area is 181 Å². The molecule has 0 unspecified atom stereocenters. The minimum Gasteiger partial charge on any atom is -0.206 e. The molecular formula is C28H34FN. The van der Waals surface area contributed by atoms with Crippen molar-refractivity contribution in [3.05, 3.63) is 71.0 Å². The zero-order valence-corrected chi connectivity index (χ0v) is 18.2. The quantitative estimate of drug-likeness (QED) is 0.496. The Kier molecular flexibility index (Phi) is 6.88. The molecular weight excluding hydrogens is 369 g/mol. The normalized spacial score (nSPS) is 27.9. The van der Waals surface area contributed by atoms with Gasteiger partial charge in [-0.1, -0.05) is 56.2 Å². The number of nitriles is 1. The van der Waals surface area contributed by atoms with Gasteiger partial charge in [-0.25, -0.2) is 4.39 Å². The Morgan fingerprint density at radius 2 is 1.53 bits per heavy atom. The van der Waals surface area contributed by atoms with Crippen molar-refractivity contribution < 1.29 is 4.39 Å². The van der Waals surface area contributed by atoms with E-state index < -0.39 is 0 Å². The highest BCUT2D eigenvalue weighted by Gasteiger charge is 2.31. The van der Waals surface area contributed by atoms with E-state index in [0.717, 1.165) is 23.3 Å². The van der Waals surface area contributed by atoms with Gasteiger partial charge in [0.05, 0.1) is 5.56 Å². The van der Waals surface area contributed by atoms with Crippen LogP contribution in [0.3, 0.4) is 0 Å². The molecule has 0 aromatic heterocycles. The van der Waals surface area contributed by atoms with Crippen LogP contribution in [0, 0.1) is 34.9 Å². The SMILES string of the molecule is C[C@@H](CC1CCC(C2CCC(c3ccc(C#N)c(F)c3)CC2)CC1)c1ccccc1. The lowest BCUT2D eigenvalue weighted by molar-refractivity contribution is 0.154. The lowest BCUT2D eigenvalue weighted by atomic mass is 9.67. The van der Waals surface area contributed by atoms with E-state index in [1.165, 1.54) is 63.4 Å². The van der Waals surface area contributed by atoms with Gasteiger partial charge in [0.25, 0.3) is 0 Å². The van der Waals surface area contributed by atoms with Crippen molar-refractivity contribution in [1.29, 1.82) is 5.26 Å². The zero-order chi connectivity index (χ0) is 20.9. The first-order valence-electron chi connectivity index (χ1n) is 11.9. The minimum atomic E-state index is -0.361. The molecule has 1 nitrogen and oxygen atoms in total. The second-order valence-electron chi connectivity index (χ2n) is 9.79. The van der Waals surface area contributed by atoms with Crippen LogP contribution in [0.15, 0.2) is 48.5 Å². The lowest BCUT2D eigenvalue weighted by Gasteiger charge is -2.38. The maximum atomic E-state index is 14.0. The third-order valence-electron chi connectivity index (χ3n) is 7.97. The summed E-state index contributed by atoms with van der Waals surface area (Å²) in [4.78, 5) is 0. The summed E-state index contributed by atoms with van der Waals surface area (Å²) in [5.41, 5.74) is 2.73. The van der Waals surface area contributed by atoms with E-state index in [1.807, 2.05) is 12.1 Å². The molecule has 0 spiro atoms. The van der Waals surface area contributed by atoms with E-state index in [9.17, 15) is 4.39 Å². The largest absolute Gasteiger partial charge is 0.206 e. The Balaban J connectivity index is 1.24. The molecule has 2 heteroatoms. The van der Waals surface area contributed by atoms with Crippen LogP contribution in [-0.4, -0.2) is 0 Å². The van der Waals surface area contributed by atoms with Gasteiger partial charge in [-0.2, -0.15) is 5.26 Å². The maximum absolute atomic E-state index is 14.0. The van der Waals surface area contributed by atoms with E-state index >= 15 is 0 Å². The van der Waals surface area contributed by atoms with Gasteiger partial charge < -0.3 is 0 Å². The lowest BCUT2D eigenvalue weighted by Crippen LogP contribution is -2.26. The first-order chi connectivity index (χ1) is 14.6. The van der Waals surface area contributed by atoms with Crippen LogP contribution < -0.4 is 0 Å². The Morgan fingerprint density at radius 1 is 0.900 bits per heavy atom. The third kappa shape index (κ3) is 4.94. The topological polar surface area (TPSA) is 23.8 Å². The fourth-order valence-corrected chi connectivity index (χ4v) is 6.11. The molecule has 2 aromatic rings. The van der Waals surface area contributed by atoms with Crippen molar-refractivity contribution in [2.45, 2.75) is 76.5 Å². The highest BCUT2D eigenvalue weighted by atomic mass is 19.1. The molecule has 0 radical (unpaired) electrons. The third-order valence-corrected chi connectivity index (χ3v) is 7.97. The van der Waals surface area contributed by atoms with E-state index in [-0.39, 0.29) is 11.4 Å². The number of rotatable bonds is 5. The molecule has 30 heavy (non-hydrogen) atoms. The Hall–Kier alpha value is -2.14. The summed E-state index contributed by atoms with van der Waals surface area (Å²) in [5, 5.41) is 8.93. The molecule has 2 aliphatic carbocycles. The van der Waals surface area contributed by atoms with Crippen LogP contribution in [-0.2, 0) is 0 Å². The molecule has 158 valence electrons. The zero-order valence-electron chi connectivity index (χ0n) is 18.2. The van der Waals surface area contributed by atoms with Crippen molar-refractivity contribution in [1.82, 2.24) is 0 Å².